The summed E-state index contributed by atoms with van der Waals surface area (Å²) in [5.74, 6) is -0.756. The summed E-state index contributed by atoms with van der Waals surface area (Å²) in [5, 5.41) is 11.0. The molecular formula is C44H61NO6. The molecule has 0 bridgehead atoms. The lowest BCUT2D eigenvalue weighted by Crippen LogP contribution is -2.27. The molecule has 3 aromatic rings. The van der Waals surface area contributed by atoms with Crippen LogP contribution in [0, 0.1) is 10.8 Å². The van der Waals surface area contributed by atoms with Gasteiger partial charge >= 0.3 is 17.9 Å². The van der Waals surface area contributed by atoms with Crippen LogP contribution in [-0.4, -0.2) is 47.7 Å². The van der Waals surface area contributed by atoms with Crippen LogP contribution >= 0.6 is 0 Å². The topological polar surface area (TPSA) is 93.1 Å². The van der Waals surface area contributed by atoms with Gasteiger partial charge in [-0.3, -0.25) is 9.59 Å². The first-order valence-electron chi connectivity index (χ1n) is 17.9. The highest BCUT2D eigenvalue weighted by Gasteiger charge is 2.27. The van der Waals surface area contributed by atoms with E-state index >= 15 is 0 Å². The fraction of sp³-hybridized carbons (Fsp3) is 0.432. The Morgan fingerprint density at radius 1 is 0.765 bits per heavy atom. The minimum atomic E-state index is -0.722. The molecule has 0 aliphatic carbocycles. The average molecular weight is 700 g/mol. The molecule has 4 rings (SSSR count). The van der Waals surface area contributed by atoms with Crippen LogP contribution in [0.3, 0.4) is 0 Å². The maximum atomic E-state index is 11.5. The number of ether oxygens (including phenoxy) is 2. The number of hydrogen-bond donors (Lipinski definition) is 1. The molecule has 0 aromatic heterocycles. The minimum Gasteiger partial charge on any atom is -0.481 e. The normalized spacial score (nSPS) is 12.5. The predicted molar refractivity (Wildman–Crippen MR) is 212 cm³/mol. The molecule has 7 heteroatoms. The third-order valence-electron chi connectivity index (χ3n) is 9.27. The van der Waals surface area contributed by atoms with E-state index in [-0.39, 0.29) is 19.2 Å². The second kappa shape index (κ2) is 20.9. The van der Waals surface area contributed by atoms with Crippen molar-refractivity contribution in [3.05, 3.63) is 109 Å². The van der Waals surface area contributed by atoms with Crippen LogP contribution in [0.15, 0.2) is 92.0 Å². The molecule has 7 nitrogen and oxygen atoms in total. The number of nitrogens with zero attached hydrogens (tertiary/aromatic N) is 1. The Morgan fingerprint density at radius 2 is 1.25 bits per heavy atom. The van der Waals surface area contributed by atoms with Crippen LogP contribution < -0.4 is 0 Å². The molecule has 0 saturated carbocycles. The summed E-state index contributed by atoms with van der Waals surface area (Å²) in [6, 6.07) is 23.4. The molecule has 0 fully saturated rings. The number of hydrogen-bond acceptors (Lipinski definition) is 6. The van der Waals surface area contributed by atoms with E-state index in [1.807, 2.05) is 27.7 Å². The molecule has 51 heavy (non-hydrogen) atoms. The van der Waals surface area contributed by atoms with Crippen LogP contribution in [0.2, 0.25) is 0 Å². The highest BCUT2D eigenvalue weighted by Crippen LogP contribution is 2.40. The zero-order chi connectivity index (χ0) is 38.9. The fourth-order valence-electron chi connectivity index (χ4n) is 4.56. The summed E-state index contributed by atoms with van der Waals surface area (Å²) in [6.07, 6.45) is 2.61. The molecule has 0 spiro atoms. The molecule has 1 aliphatic heterocycles. The number of esters is 2. The van der Waals surface area contributed by atoms with Gasteiger partial charge in [0, 0.05) is 40.0 Å². The van der Waals surface area contributed by atoms with E-state index in [0.717, 1.165) is 17.9 Å². The fourth-order valence-corrected chi connectivity index (χ4v) is 4.56. The van der Waals surface area contributed by atoms with E-state index in [9.17, 15) is 14.4 Å². The molecule has 0 saturated heterocycles. The quantitative estimate of drug-likeness (QED) is 0.121. The molecule has 1 atom stereocenters. The SMILES string of the molecule is C=C(C)C(=O)OCCOC(=O)C(C)(C)CC.C=C1c2cccc3cccc(c23)C(=C)N1CC.CCC(C)(C)C(=O)O.CCC(C)c1ccccc1. The molecule has 278 valence electrons. The zero-order valence-electron chi connectivity index (χ0n) is 32.7. The van der Waals surface area contributed by atoms with Crippen LogP contribution in [0.5, 0.6) is 0 Å². The van der Waals surface area contributed by atoms with Crippen molar-refractivity contribution in [2.45, 2.75) is 94.4 Å². The highest BCUT2D eigenvalue weighted by molar-refractivity contribution is 6.05. The molecule has 3 aromatic carbocycles. The molecule has 1 unspecified atom stereocenters. The number of aliphatic carboxylic acids is 1. The highest BCUT2D eigenvalue weighted by atomic mass is 16.6. The maximum absolute atomic E-state index is 11.5. The van der Waals surface area contributed by atoms with Gasteiger partial charge in [-0.2, -0.15) is 0 Å². The predicted octanol–water partition coefficient (Wildman–Crippen LogP) is 10.9. The summed E-state index contributed by atoms with van der Waals surface area (Å²) in [7, 11) is 0. The molecular weight excluding hydrogens is 638 g/mol. The summed E-state index contributed by atoms with van der Waals surface area (Å²) in [6.45, 7) is 31.9. The Labute approximate surface area is 307 Å². The van der Waals surface area contributed by atoms with E-state index in [1.165, 1.54) is 33.9 Å². The Bertz CT molecular complexity index is 1590. The number of carbonyl (C=O) groups excluding carboxylic acids is 2. The molecule has 1 heterocycles. The lowest BCUT2D eigenvalue weighted by Gasteiger charge is -2.33. The Morgan fingerprint density at radius 3 is 1.65 bits per heavy atom. The smallest absolute Gasteiger partial charge is 0.333 e. The first kappa shape index (κ1) is 44.4. The third-order valence-corrected chi connectivity index (χ3v) is 9.27. The molecule has 1 aliphatic rings. The molecule has 0 amide bonds. The second-order valence-corrected chi connectivity index (χ2v) is 13.9. The van der Waals surface area contributed by atoms with E-state index < -0.39 is 22.8 Å². The van der Waals surface area contributed by atoms with Crippen molar-refractivity contribution in [1.29, 1.82) is 0 Å². The number of rotatable bonds is 11. The van der Waals surface area contributed by atoms with Gasteiger partial charge in [0.2, 0.25) is 0 Å². The summed E-state index contributed by atoms with van der Waals surface area (Å²) < 4.78 is 9.77. The lowest BCUT2D eigenvalue weighted by molar-refractivity contribution is -0.158. The average Bonchev–Trinajstić information content (AvgIpc) is 3.13. The number of carboxylic acids is 1. The minimum absolute atomic E-state index is 0.0667. The first-order valence-corrected chi connectivity index (χ1v) is 17.9. The van der Waals surface area contributed by atoms with Gasteiger partial charge < -0.3 is 19.5 Å². The van der Waals surface area contributed by atoms with Gasteiger partial charge in [-0.25, -0.2) is 4.79 Å². The van der Waals surface area contributed by atoms with Crippen LogP contribution in [0.1, 0.15) is 111 Å². The van der Waals surface area contributed by atoms with Gasteiger partial charge in [-0.1, -0.05) is 114 Å². The van der Waals surface area contributed by atoms with E-state index in [4.69, 9.17) is 14.6 Å². The van der Waals surface area contributed by atoms with Gasteiger partial charge in [0.05, 0.1) is 10.8 Å². The zero-order valence-corrected chi connectivity index (χ0v) is 32.7. The van der Waals surface area contributed by atoms with E-state index in [1.54, 1.807) is 20.8 Å². The van der Waals surface area contributed by atoms with Crippen molar-refractivity contribution < 1.29 is 29.0 Å². The van der Waals surface area contributed by atoms with Crippen molar-refractivity contribution >= 4 is 40.1 Å². The van der Waals surface area contributed by atoms with Gasteiger partial charge in [-0.15, -0.1) is 0 Å². The number of carboxylic acid groups (broad SMARTS) is 1. The van der Waals surface area contributed by atoms with Crippen molar-refractivity contribution in [3.63, 3.8) is 0 Å². The number of benzene rings is 3. The van der Waals surface area contributed by atoms with E-state index in [2.05, 4.69) is 112 Å². The van der Waals surface area contributed by atoms with E-state index in [0.29, 0.717) is 24.3 Å². The van der Waals surface area contributed by atoms with Crippen molar-refractivity contribution in [1.82, 2.24) is 4.90 Å². The summed E-state index contributed by atoms with van der Waals surface area (Å²) in [4.78, 5) is 34.9. The summed E-state index contributed by atoms with van der Waals surface area (Å²) in [5.41, 5.74) is 5.33. The Kier molecular flexibility index (Phi) is 18.2. The largest absolute Gasteiger partial charge is 0.481 e. The standard InChI is InChI=1S/C16H15N.C12H20O4.C10H14.C6H12O2/c1-4-17-11(2)14-9-5-7-13-8-6-10-15(12(17)3)16(13)14;1-6-12(4,5)11(14)16-8-7-15-10(13)9(2)3;1-3-9(2)10-7-5-4-6-8-10;1-4-6(2,3)5(7)8/h5-10H,2-4H2,1H3;2,6-8H2,1,3-5H3;4-9H,3H2,1-2H3;4H2,1-3H3,(H,7,8). The van der Waals surface area contributed by atoms with Crippen LogP contribution in [-0.2, 0) is 23.9 Å². The van der Waals surface area contributed by atoms with Gasteiger partial charge in [0.1, 0.15) is 13.2 Å². The van der Waals surface area contributed by atoms with Crippen LogP contribution in [0.4, 0.5) is 0 Å². The molecule has 1 N–H and O–H groups in total. The lowest BCUT2D eigenvalue weighted by atomic mass is 9.91. The van der Waals surface area contributed by atoms with Crippen molar-refractivity contribution in [3.8, 4) is 0 Å². The second-order valence-electron chi connectivity index (χ2n) is 13.9. The van der Waals surface area contributed by atoms with Gasteiger partial charge in [-0.05, 0) is 77.7 Å². The Hall–Kier alpha value is -4.65. The monoisotopic (exact) mass is 699 g/mol. The third kappa shape index (κ3) is 13.2. The maximum Gasteiger partial charge on any atom is 0.333 e. The van der Waals surface area contributed by atoms with Crippen molar-refractivity contribution in [2.24, 2.45) is 10.8 Å². The van der Waals surface area contributed by atoms with Crippen LogP contribution in [0.25, 0.3) is 22.2 Å². The van der Waals surface area contributed by atoms with Crippen molar-refractivity contribution in [2.75, 3.05) is 19.8 Å². The summed E-state index contributed by atoms with van der Waals surface area (Å²) >= 11 is 0. The van der Waals surface area contributed by atoms with Gasteiger partial charge in [0.25, 0.3) is 0 Å². The number of carbonyl (C=O) groups is 3. The first-order chi connectivity index (χ1) is 23.9. The molecule has 0 radical (unpaired) electrons. The Balaban J connectivity index is 0.000000355. The van der Waals surface area contributed by atoms with Gasteiger partial charge in [0.15, 0.2) is 0 Å².